The van der Waals surface area contributed by atoms with Gasteiger partial charge in [-0.25, -0.2) is 5.48 Å². The number of nitrogens with zero attached hydrogens (tertiary/aromatic N) is 1. The first-order chi connectivity index (χ1) is 11.5. The predicted molar refractivity (Wildman–Crippen MR) is 86.6 cm³/mol. The van der Waals surface area contributed by atoms with E-state index < -0.39 is 5.91 Å². The van der Waals surface area contributed by atoms with E-state index in [4.69, 9.17) is 16.8 Å². The maximum Gasteiger partial charge on any atom is 0.274 e. The molecule has 7 heteroatoms. The van der Waals surface area contributed by atoms with Gasteiger partial charge in [-0.1, -0.05) is 17.7 Å². The monoisotopic (exact) mass is 346 g/mol. The molecular weight excluding hydrogens is 332 g/mol. The highest BCUT2D eigenvalue weighted by molar-refractivity contribution is 6.30. The number of halogens is 1. The standard InChI is InChI=1S/C17H15ClN2O4/c18-14-3-4-15(13(6-14)9-21)17(23)20-7-11-2-1-10(16(22)19-24)5-12(11)8-20/h1-6,21,24H,7-9H2,(H,19,22). The number of amides is 2. The number of nitrogens with one attached hydrogen (secondary N) is 1. The Hall–Kier alpha value is -2.41. The van der Waals surface area contributed by atoms with Crippen molar-refractivity contribution in [1.29, 1.82) is 0 Å². The fraction of sp³-hybridized carbons (Fsp3) is 0.176. The molecule has 0 atom stereocenters. The second-order valence-corrected chi connectivity index (χ2v) is 5.98. The molecule has 0 fully saturated rings. The molecule has 1 aliphatic heterocycles. The van der Waals surface area contributed by atoms with Gasteiger partial charge in [0.25, 0.3) is 11.8 Å². The molecule has 0 saturated carbocycles. The lowest BCUT2D eigenvalue weighted by molar-refractivity contribution is 0.0706. The van der Waals surface area contributed by atoms with Gasteiger partial charge < -0.3 is 10.0 Å². The summed E-state index contributed by atoms with van der Waals surface area (Å²) in [6.45, 7) is 0.500. The molecule has 0 saturated heterocycles. The molecular formula is C17H15ClN2O4. The minimum atomic E-state index is -0.595. The third kappa shape index (κ3) is 2.99. The quantitative estimate of drug-likeness (QED) is 0.586. The smallest absolute Gasteiger partial charge is 0.274 e. The Bertz CT molecular complexity index is 822. The number of carbonyl (C=O) groups is 2. The first-order valence-corrected chi connectivity index (χ1v) is 7.66. The Morgan fingerprint density at radius 1 is 1.12 bits per heavy atom. The fourth-order valence-electron chi connectivity index (χ4n) is 2.82. The summed E-state index contributed by atoms with van der Waals surface area (Å²) in [5, 5.41) is 18.6. The van der Waals surface area contributed by atoms with Crippen molar-refractivity contribution >= 4 is 23.4 Å². The van der Waals surface area contributed by atoms with E-state index in [9.17, 15) is 14.7 Å². The first kappa shape index (κ1) is 16.4. The summed E-state index contributed by atoms with van der Waals surface area (Å²) in [7, 11) is 0. The van der Waals surface area contributed by atoms with Crippen molar-refractivity contribution in [2.24, 2.45) is 0 Å². The van der Waals surface area contributed by atoms with Gasteiger partial charge in [0.2, 0.25) is 0 Å². The fourth-order valence-corrected chi connectivity index (χ4v) is 3.01. The van der Waals surface area contributed by atoms with Crippen LogP contribution in [0.1, 0.15) is 37.4 Å². The molecule has 2 amide bonds. The largest absolute Gasteiger partial charge is 0.392 e. The molecule has 0 aromatic heterocycles. The lowest BCUT2D eigenvalue weighted by Crippen LogP contribution is -2.26. The molecule has 0 bridgehead atoms. The summed E-state index contributed by atoms with van der Waals surface area (Å²) < 4.78 is 0. The van der Waals surface area contributed by atoms with Gasteiger partial charge in [0.05, 0.1) is 6.61 Å². The molecule has 2 aromatic carbocycles. The highest BCUT2D eigenvalue weighted by Crippen LogP contribution is 2.27. The Kier molecular flexibility index (Phi) is 4.53. The van der Waals surface area contributed by atoms with Crippen LogP contribution in [0.3, 0.4) is 0 Å². The summed E-state index contributed by atoms with van der Waals surface area (Å²) >= 11 is 5.90. The van der Waals surface area contributed by atoms with Gasteiger partial charge in [0, 0.05) is 29.2 Å². The van der Waals surface area contributed by atoms with E-state index in [1.54, 1.807) is 46.8 Å². The van der Waals surface area contributed by atoms with Crippen LogP contribution in [0, 0.1) is 0 Å². The van der Waals surface area contributed by atoms with E-state index >= 15 is 0 Å². The van der Waals surface area contributed by atoms with Gasteiger partial charge in [0.15, 0.2) is 0 Å². The maximum absolute atomic E-state index is 12.7. The highest BCUT2D eigenvalue weighted by Gasteiger charge is 2.26. The molecule has 3 rings (SSSR count). The third-order valence-corrected chi connectivity index (χ3v) is 4.28. The number of hydroxylamine groups is 1. The summed E-state index contributed by atoms with van der Waals surface area (Å²) in [5.41, 5.74) is 4.59. The van der Waals surface area contributed by atoms with Gasteiger partial charge >= 0.3 is 0 Å². The Labute approximate surface area is 143 Å². The van der Waals surface area contributed by atoms with Crippen LogP contribution < -0.4 is 5.48 Å². The van der Waals surface area contributed by atoms with Crippen LogP contribution in [0.5, 0.6) is 0 Å². The number of rotatable bonds is 3. The number of aliphatic hydroxyl groups is 1. The second kappa shape index (κ2) is 6.60. The van der Waals surface area contributed by atoms with Crippen LogP contribution in [0.25, 0.3) is 0 Å². The molecule has 3 N–H and O–H groups in total. The molecule has 0 radical (unpaired) electrons. The Morgan fingerprint density at radius 3 is 2.58 bits per heavy atom. The van der Waals surface area contributed by atoms with E-state index in [-0.39, 0.29) is 12.5 Å². The van der Waals surface area contributed by atoms with Crippen molar-refractivity contribution in [3.05, 3.63) is 69.2 Å². The second-order valence-electron chi connectivity index (χ2n) is 5.55. The summed E-state index contributed by atoms with van der Waals surface area (Å²) in [4.78, 5) is 25.9. The van der Waals surface area contributed by atoms with Crippen molar-refractivity contribution in [2.45, 2.75) is 19.7 Å². The van der Waals surface area contributed by atoms with Crippen LogP contribution in [0.15, 0.2) is 36.4 Å². The van der Waals surface area contributed by atoms with Crippen LogP contribution in [0.4, 0.5) is 0 Å². The Morgan fingerprint density at radius 2 is 1.88 bits per heavy atom. The van der Waals surface area contributed by atoms with Gasteiger partial charge in [0.1, 0.15) is 0 Å². The van der Waals surface area contributed by atoms with E-state index in [1.165, 1.54) is 0 Å². The molecule has 1 heterocycles. The lowest BCUT2D eigenvalue weighted by atomic mass is 10.1. The Balaban J connectivity index is 1.85. The molecule has 6 nitrogen and oxygen atoms in total. The number of hydrogen-bond donors (Lipinski definition) is 3. The van der Waals surface area contributed by atoms with Gasteiger partial charge in [-0.3, -0.25) is 14.8 Å². The van der Waals surface area contributed by atoms with Gasteiger partial charge in [-0.15, -0.1) is 0 Å². The molecule has 1 aliphatic rings. The normalized spacial score (nSPS) is 12.9. The van der Waals surface area contributed by atoms with Crippen LogP contribution in [0.2, 0.25) is 5.02 Å². The third-order valence-electron chi connectivity index (χ3n) is 4.05. The van der Waals surface area contributed by atoms with E-state index in [0.29, 0.717) is 34.8 Å². The van der Waals surface area contributed by atoms with Crippen molar-refractivity contribution in [2.75, 3.05) is 0 Å². The zero-order chi connectivity index (χ0) is 17.3. The maximum atomic E-state index is 12.7. The predicted octanol–water partition coefficient (Wildman–Crippen LogP) is 2.11. The molecule has 24 heavy (non-hydrogen) atoms. The number of fused-ring (bicyclic) bond motifs is 1. The number of carbonyl (C=O) groups excluding carboxylic acids is 2. The summed E-state index contributed by atoms with van der Waals surface area (Å²) in [6, 6.07) is 9.80. The van der Waals surface area contributed by atoms with Crippen molar-refractivity contribution < 1.29 is 19.9 Å². The van der Waals surface area contributed by atoms with Crippen molar-refractivity contribution in [3.63, 3.8) is 0 Å². The minimum absolute atomic E-state index is 0.208. The van der Waals surface area contributed by atoms with Crippen LogP contribution >= 0.6 is 11.6 Å². The number of hydrogen-bond acceptors (Lipinski definition) is 4. The van der Waals surface area contributed by atoms with E-state index in [1.807, 2.05) is 0 Å². The van der Waals surface area contributed by atoms with Crippen LogP contribution in [-0.4, -0.2) is 27.0 Å². The van der Waals surface area contributed by atoms with Gasteiger partial charge in [-0.05, 0) is 47.0 Å². The topological polar surface area (TPSA) is 89.9 Å². The zero-order valence-electron chi connectivity index (χ0n) is 12.6. The van der Waals surface area contributed by atoms with E-state index in [0.717, 1.165) is 11.1 Å². The summed E-state index contributed by atoms with van der Waals surface area (Å²) in [6.07, 6.45) is 0. The van der Waals surface area contributed by atoms with E-state index in [2.05, 4.69) is 0 Å². The van der Waals surface area contributed by atoms with Crippen molar-refractivity contribution in [3.8, 4) is 0 Å². The first-order valence-electron chi connectivity index (χ1n) is 7.28. The number of aliphatic hydroxyl groups excluding tert-OH is 1. The highest BCUT2D eigenvalue weighted by atomic mass is 35.5. The van der Waals surface area contributed by atoms with Gasteiger partial charge in [-0.2, -0.15) is 0 Å². The molecule has 0 unspecified atom stereocenters. The minimum Gasteiger partial charge on any atom is -0.392 e. The number of benzene rings is 2. The molecule has 2 aromatic rings. The molecule has 124 valence electrons. The van der Waals surface area contributed by atoms with Crippen LogP contribution in [-0.2, 0) is 19.7 Å². The average molecular weight is 347 g/mol. The summed E-state index contributed by atoms with van der Waals surface area (Å²) in [5.74, 6) is -0.803. The molecule has 0 aliphatic carbocycles. The average Bonchev–Trinajstić information content (AvgIpc) is 3.03. The lowest BCUT2D eigenvalue weighted by Gasteiger charge is -2.17. The molecule has 0 spiro atoms. The zero-order valence-corrected chi connectivity index (χ0v) is 13.4. The SMILES string of the molecule is O=C(NO)c1ccc2c(c1)CN(C(=O)c1ccc(Cl)cc1CO)C2. The van der Waals surface area contributed by atoms with Crippen molar-refractivity contribution in [1.82, 2.24) is 10.4 Å².